The van der Waals surface area contributed by atoms with E-state index in [4.69, 9.17) is 4.74 Å². The van der Waals surface area contributed by atoms with E-state index in [2.05, 4.69) is 17.6 Å². The summed E-state index contributed by atoms with van der Waals surface area (Å²) >= 11 is 0. The number of fused-ring (bicyclic) bond motifs is 2. The van der Waals surface area contributed by atoms with Gasteiger partial charge in [0, 0.05) is 6.04 Å². The molecule has 0 radical (unpaired) electrons. The summed E-state index contributed by atoms with van der Waals surface area (Å²) < 4.78 is 5.12. The summed E-state index contributed by atoms with van der Waals surface area (Å²) in [6.45, 7) is 7.72. The predicted octanol–water partition coefficient (Wildman–Crippen LogP) is 2.84. The van der Waals surface area contributed by atoms with E-state index in [1.807, 2.05) is 0 Å². The van der Waals surface area contributed by atoms with Crippen molar-refractivity contribution < 1.29 is 14.3 Å². The second kappa shape index (κ2) is 6.88. The second-order valence-electron chi connectivity index (χ2n) is 8.14. The van der Waals surface area contributed by atoms with Crippen LogP contribution < -0.4 is 10.6 Å². The molecule has 2 rings (SSSR count). The average Bonchev–Trinajstić information content (AvgIpc) is 2.32. The monoisotopic (exact) mass is 310 g/mol. The molecule has 2 saturated carbocycles. The van der Waals surface area contributed by atoms with Crippen molar-refractivity contribution in [3.63, 3.8) is 0 Å². The SMILES string of the molecule is CC1CC2CC(C1)CC(NC(=O)CNC(=O)OC(C)(C)C)C2. The highest BCUT2D eigenvalue weighted by atomic mass is 16.6. The number of hydrogen-bond acceptors (Lipinski definition) is 3. The molecule has 2 unspecified atom stereocenters. The number of hydrogen-bond donors (Lipinski definition) is 2. The van der Waals surface area contributed by atoms with Crippen molar-refractivity contribution in [3.05, 3.63) is 0 Å². The van der Waals surface area contributed by atoms with Gasteiger partial charge in [-0.05, 0) is 70.6 Å². The van der Waals surface area contributed by atoms with E-state index in [0.29, 0.717) is 0 Å². The Morgan fingerprint density at radius 1 is 1.05 bits per heavy atom. The van der Waals surface area contributed by atoms with Crippen LogP contribution in [0, 0.1) is 17.8 Å². The molecule has 0 aromatic carbocycles. The number of carbonyl (C=O) groups is 2. The van der Waals surface area contributed by atoms with Crippen LogP contribution in [0.25, 0.3) is 0 Å². The Morgan fingerprint density at radius 3 is 2.18 bits per heavy atom. The van der Waals surface area contributed by atoms with Crippen LogP contribution in [0.5, 0.6) is 0 Å². The Labute approximate surface area is 133 Å². The molecule has 2 atom stereocenters. The molecule has 2 aliphatic carbocycles. The smallest absolute Gasteiger partial charge is 0.408 e. The fraction of sp³-hybridized carbons (Fsp3) is 0.882. The van der Waals surface area contributed by atoms with E-state index in [-0.39, 0.29) is 18.5 Å². The number of amides is 2. The van der Waals surface area contributed by atoms with Gasteiger partial charge in [0.15, 0.2) is 0 Å². The standard InChI is InChI=1S/C17H30N2O3/c1-11-5-12-7-13(6-11)9-14(8-12)19-15(20)10-18-16(21)22-17(2,3)4/h11-14H,5-10H2,1-4H3,(H,18,21)(H,19,20). The minimum absolute atomic E-state index is 0.0167. The lowest BCUT2D eigenvalue weighted by molar-refractivity contribution is -0.121. The average molecular weight is 310 g/mol. The minimum atomic E-state index is -0.544. The highest BCUT2D eigenvalue weighted by Gasteiger charge is 2.35. The third-order valence-corrected chi connectivity index (χ3v) is 4.53. The van der Waals surface area contributed by atoms with Crippen LogP contribution in [0.15, 0.2) is 0 Å². The Balaban J connectivity index is 1.70. The summed E-state index contributed by atoms with van der Waals surface area (Å²) in [5.41, 5.74) is -0.544. The van der Waals surface area contributed by atoms with Gasteiger partial charge in [0.1, 0.15) is 12.1 Å². The van der Waals surface area contributed by atoms with Gasteiger partial charge < -0.3 is 15.4 Å². The fourth-order valence-electron chi connectivity index (χ4n) is 4.05. The van der Waals surface area contributed by atoms with Crippen LogP contribution in [-0.4, -0.2) is 30.2 Å². The third-order valence-electron chi connectivity index (χ3n) is 4.53. The minimum Gasteiger partial charge on any atom is -0.444 e. The molecule has 0 aromatic heterocycles. The predicted molar refractivity (Wildman–Crippen MR) is 85.4 cm³/mol. The number of alkyl carbamates (subject to hydrolysis) is 1. The zero-order valence-corrected chi connectivity index (χ0v) is 14.3. The summed E-state index contributed by atoms with van der Waals surface area (Å²) in [5.74, 6) is 2.22. The summed E-state index contributed by atoms with van der Waals surface area (Å²) in [5, 5.41) is 5.58. The maximum Gasteiger partial charge on any atom is 0.408 e. The van der Waals surface area contributed by atoms with Crippen molar-refractivity contribution in [3.8, 4) is 0 Å². The molecule has 2 bridgehead atoms. The summed E-state index contributed by atoms with van der Waals surface area (Å²) in [6, 6.07) is 0.268. The van der Waals surface area contributed by atoms with Crippen LogP contribution in [0.4, 0.5) is 4.79 Å². The van der Waals surface area contributed by atoms with Gasteiger partial charge in [-0.2, -0.15) is 0 Å². The quantitative estimate of drug-likeness (QED) is 0.842. The molecule has 2 amide bonds. The lowest BCUT2D eigenvalue weighted by Crippen LogP contribution is -2.47. The number of ether oxygens (including phenoxy) is 1. The lowest BCUT2D eigenvalue weighted by atomic mass is 9.67. The van der Waals surface area contributed by atoms with Crippen molar-refractivity contribution in [2.24, 2.45) is 17.8 Å². The molecule has 2 aliphatic rings. The number of rotatable bonds is 3. The van der Waals surface area contributed by atoms with E-state index in [1.165, 1.54) is 19.3 Å². The number of carbonyl (C=O) groups excluding carboxylic acids is 2. The Morgan fingerprint density at radius 2 is 1.64 bits per heavy atom. The Bertz CT molecular complexity index is 399. The molecule has 0 aromatic rings. The molecule has 0 saturated heterocycles. The third kappa shape index (κ3) is 5.50. The van der Waals surface area contributed by atoms with Gasteiger partial charge in [-0.1, -0.05) is 6.92 Å². The topological polar surface area (TPSA) is 67.4 Å². The highest BCUT2D eigenvalue weighted by Crippen LogP contribution is 2.42. The van der Waals surface area contributed by atoms with Crippen molar-refractivity contribution >= 4 is 12.0 Å². The van der Waals surface area contributed by atoms with E-state index in [0.717, 1.165) is 30.6 Å². The van der Waals surface area contributed by atoms with Gasteiger partial charge in [0.2, 0.25) is 5.91 Å². The molecule has 2 N–H and O–H groups in total. The maximum absolute atomic E-state index is 12.0. The molecule has 0 heterocycles. The van der Waals surface area contributed by atoms with Gasteiger partial charge >= 0.3 is 6.09 Å². The first kappa shape index (κ1) is 17.1. The van der Waals surface area contributed by atoms with E-state index in [1.54, 1.807) is 20.8 Å². The lowest BCUT2D eigenvalue weighted by Gasteiger charge is -2.41. The molecule has 22 heavy (non-hydrogen) atoms. The van der Waals surface area contributed by atoms with Crippen LogP contribution in [0.2, 0.25) is 0 Å². The fourth-order valence-corrected chi connectivity index (χ4v) is 4.05. The van der Waals surface area contributed by atoms with Gasteiger partial charge in [0.05, 0.1) is 0 Å². The van der Waals surface area contributed by atoms with E-state index >= 15 is 0 Å². The molecule has 5 heteroatoms. The van der Waals surface area contributed by atoms with Gasteiger partial charge in [0.25, 0.3) is 0 Å². The largest absolute Gasteiger partial charge is 0.444 e. The van der Waals surface area contributed by atoms with E-state index in [9.17, 15) is 9.59 Å². The van der Waals surface area contributed by atoms with Gasteiger partial charge in [-0.3, -0.25) is 4.79 Å². The normalized spacial score (nSPS) is 31.3. The zero-order valence-electron chi connectivity index (χ0n) is 14.3. The van der Waals surface area contributed by atoms with Gasteiger partial charge in [-0.25, -0.2) is 4.79 Å². The molecule has 0 aliphatic heterocycles. The molecular formula is C17H30N2O3. The van der Waals surface area contributed by atoms with Crippen LogP contribution in [0.1, 0.15) is 59.8 Å². The summed E-state index contributed by atoms with van der Waals surface area (Å²) in [4.78, 5) is 23.5. The first-order valence-electron chi connectivity index (χ1n) is 8.47. The zero-order chi connectivity index (χ0) is 16.3. The van der Waals surface area contributed by atoms with Crippen molar-refractivity contribution in [1.29, 1.82) is 0 Å². The molecule has 0 spiro atoms. The molecule has 126 valence electrons. The second-order valence-corrected chi connectivity index (χ2v) is 8.14. The molecule has 2 fully saturated rings. The van der Waals surface area contributed by atoms with Crippen molar-refractivity contribution in [2.45, 2.75) is 71.4 Å². The molecule has 5 nitrogen and oxygen atoms in total. The summed E-state index contributed by atoms with van der Waals surface area (Å²) in [6.07, 6.45) is 5.53. The highest BCUT2D eigenvalue weighted by molar-refractivity contribution is 5.82. The van der Waals surface area contributed by atoms with Crippen molar-refractivity contribution in [1.82, 2.24) is 10.6 Å². The van der Waals surface area contributed by atoms with Crippen LogP contribution in [-0.2, 0) is 9.53 Å². The number of nitrogens with one attached hydrogen (secondary N) is 2. The maximum atomic E-state index is 12.0. The van der Waals surface area contributed by atoms with Crippen LogP contribution in [0.3, 0.4) is 0 Å². The first-order valence-corrected chi connectivity index (χ1v) is 8.47. The molecular weight excluding hydrogens is 280 g/mol. The Hall–Kier alpha value is -1.26. The Kier molecular flexibility index (Phi) is 5.35. The first-order chi connectivity index (χ1) is 10.2. The summed E-state index contributed by atoms with van der Waals surface area (Å²) in [7, 11) is 0. The van der Waals surface area contributed by atoms with E-state index < -0.39 is 11.7 Å². The van der Waals surface area contributed by atoms with Gasteiger partial charge in [-0.15, -0.1) is 0 Å². The van der Waals surface area contributed by atoms with Crippen molar-refractivity contribution in [2.75, 3.05) is 6.54 Å². The van der Waals surface area contributed by atoms with Crippen LogP contribution >= 0.6 is 0 Å².